The molecule has 2 rings (SSSR count). The van der Waals surface area contributed by atoms with Crippen LogP contribution < -0.4 is 15.4 Å². The second-order valence-corrected chi connectivity index (χ2v) is 4.67. The molecular formula is C15H16ClN3O2. The number of methoxy groups -OCH3 is 1. The fraction of sp³-hybridized carbons (Fsp3) is 0.200. The number of pyridine rings is 1. The number of carbonyl (C=O) groups is 1. The molecule has 5 nitrogen and oxygen atoms in total. The molecular weight excluding hydrogens is 290 g/mol. The maximum Gasteiger partial charge on any atom is 0.255 e. The maximum absolute atomic E-state index is 12.2. The van der Waals surface area contributed by atoms with Gasteiger partial charge in [-0.3, -0.25) is 4.79 Å². The molecule has 1 heterocycles. The van der Waals surface area contributed by atoms with Gasteiger partial charge in [-0.25, -0.2) is 4.98 Å². The van der Waals surface area contributed by atoms with Crippen LogP contribution in [0.25, 0.3) is 0 Å². The molecule has 110 valence electrons. The number of nitrogens with one attached hydrogen (secondary N) is 2. The molecule has 0 unspecified atom stereocenters. The fourth-order valence-electron chi connectivity index (χ4n) is 1.80. The predicted octanol–water partition coefficient (Wildman–Crippen LogP) is 3.43. The van der Waals surface area contributed by atoms with Crippen molar-refractivity contribution < 1.29 is 9.53 Å². The van der Waals surface area contributed by atoms with E-state index in [1.165, 1.54) is 0 Å². The van der Waals surface area contributed by atoms with Crippen molar-refractivity contribution in [1.29, 1.82) is 0 Å². The summed E-state index contributed by atoms with van der Waals surface area (Å²) in [6, 6.07) is 8.43. The lowest BCUT2D eigenvalue weighted by Crippen LogP contribution is -2.12. The molecule has 0 spiro atoms. The molecule has 21 heavy (non-hydrogen) atoms. The van der Waals surface area contributed by atoms with E-state index in [0.29, 0.717) is 27.8 Å². The highest BCUT2D eigenvalue weighted by atomic mass is 35.5. The summed E-state index contributed by atoms with van der Waals surface area (Å²) in [6.45, 7) is 2.71. The largest absolute Gasteiger partial charge is 0.495 e. The van der Waals surface area contributed by atoms with Crippen LogP contribution in [-0.2, 0) is 0 Å². The highest BCUT2D eigenvalue weighted by molar-refractivity contribution is 6.32. The summed E-state index contributed by atoms with van der Waals surface area (Å²) in [4.78, 5) is 16.3. The van der Waals surface area contributed by atoms with Gasteiger partial charge in [-0.1, -0.05) is 11.6 Å². The lowest BCUT2D eigenvalue weighted by atomic mass is 10.2. The van der Waals surface area contributed by atoms with Crippen LogP contribution in [0.4, 0.5) is 11.5 Å². The summed E-state index contributed by atoms with van der Waals surface area (Å²) in [7, 11) is 1.54. The van der Waals surface area contributed by atoms with Crippen LogP contribution in [0.5, 0.6) is 5.75 Å². The first kappa shape index (κ1) is 15.1. The average molecular weight is 306 g/mol. The lowest BCUT2D eigenvalue weighted by Gasteiger charge is -2.09. The van der Waals surface area contributed by atoms with E-state index in [4.69, 9.17) is 16.3 Å². The SMILES string of the molecule is CCNc1cc(C(=O)Nc2ccc(OC)c(Cl)c2)ccn1. The molecule has 0 aliphatic heterocycles. The number of rotatable bonds is 5. The monoisotopic (exact) mass is 305 g/mol. The van der Waals surface area contributed by atoms with Crippen LogP contribution in [0, 0.1) is 0 Å². The lowest BCUT2D eigenvalue weighted by molar-refractivity contribution is 0.102. The highest BCUT2D eigenvalue weighted by Gasteiger charge is 2.09. The Kier molecular flexibility index (Phi) is 5.00. The number of aromatic nitrogens is 1. The Balaban J connectivity index is 2.14. The molecule has 0 aliphatic rings. The van der Waals surface area contributed by atoms with Gasteiger partial charge >= 0.3 is 0 Å². The van der Waals surface area contributed by atoms with Crippen LogP contribution in [0.1, 0.15) is 17.3 Å². The normalized spacial score (nSPS) is 10.0. The first-order chi connectivity index (χ1) is 10.1. The molecule has 0 fully saturated rings. The molecule has 0 aliphatic carbocycles. The molecule has 1 aromatic heterocycles. The highest BCUT2D eigenvalue weighted by Crippen LogP contribution is 2.27. The van der Waals surface area contributed by atoms with Crippen molar-refractivity contribution in [2.24, 2.45) is 0 Å². The van der Waals surface area contributed by atoms with Gasteiger partial charge in [-0.05, 0) is 37.3 Å². The number of nitrogens with zero attached hydrogens (tertiary/aromatic N) is 1. The van der Waals surface area contributed by atoms with Gasteiger partial charge in [-0.2, -0.15) is 0 Å². The smallest absolute Gasteiger partial charge is 0.255 e. The van der Waals surface area contributed by atoms with E-state index in [1.54, 1.807) is 43.6 Å². The molecule has 2 N–H and O–H groups in total. The van der Waals surface area contributed by atoms with E-state index in [-0.39, 0.29) is 5.91 Å². The predicted molar refractivity (Wildman–Crippen MR) is 84.4 cm³/mol. The van der Waals surface area contributed by atoms with Crippen LogP contribution in [0.3, 0.4) is 0 Å². The van der Waals surface area contributed by atoms with Crippen molar-refractivity contribution in [3.05, 3.63) is 47.1 Å². The molecule has 0 radical (unpaired) electrons. The molecule has 6 heteroatoms. The van der Waals surface area contributed by atoms with Crippen LogP contribution in [-0.4, -0.2) is 24.5 Å². The van der Waals surface area contributed by atoms with Crippen molar-refractivity contribution in [1.82, 2.24) is 4.98 Å². The third kappa shape index (κ3) is 3.86. The molecule has 1 aromatic carbocycles. The van der Waals surface area contributed by atoms with E-state index >= 15 is 0 Å². The van der Waals surface area contributed by atoms with Gasteiger partial charge in [0.1, 0.15) is 11.6 Å². The molecule has 0 atom stereocenters. The first-order valence-electron chi connectivity index (χ1n) is 6.49. The number of amides is 1. The fourth-order valence-corrected chi connectivity index (χ4v) is 2.05. The van der Waals surface area contributed by atoms with E-state index in [9.17, 15) is 4.79 Å². The number of hydrogen-bond donors (Lipinski definition) is 2. The van der Waals surface area contributed by atoms with Crippen molar-refractivity contribution in [2.45, 2.75) is 6.92 Å². The van der Waals surface area contributed by atoms with Crippen molar-refractivity contribution in [3.63, 3.8) is 0 Å². The number of halogens is 1. The van der Waals surface area contributed by atoms with Crippen molar-refractivity contribution >= 4 is 29.0 Å². The molecule has 1 amide bonds. The minimum atomic E-state index is -0.224. The van der Waals surface area contributed by atoms with Crippen molar-refractivity contribution in [3.8, 4) is 5.75 Å². The van der Waals surface area contributed by atoms with E-state index in [0.717, 1.165) is 6.54 Å². The number of ether oxygens (including phenoxy) is 1. The summed E-state index contributed by atoms with van der Waals surface area (Å²) >= 11 is 6.03. The van der Waals surface area contributed by atoms with E-state index in [2.05, 4.69) is 15.6 Å². The minimum Gasteiger partial charge on any atom is -0.495 e. The Morgan fingerprint density at radius 1 is 1.33 bits per heavy atom. The topological polar surface area (TPSA) is 63.2 Å². The number of hydrogen-bond acceptors (Lipinski definition) is 4. The standard InChI is InChI=1S/C15H16ClN3O2/c1-3-17-14-8-10(6-7-18-14)15(20)19-11-4-5-13(21-2)12(16)9-11/h4-9H,3H2,1-2H3,(H,17,18)(H,19,20). The van der Waals surface area contributed by atoms with Gasteiger partial charge in [0.25, 0.3) is 5.91 Å². The van der Waals surface area contributed by atoms with Crippen LogP contribution in [0.2, 0.25) is 5.02 Å². The summed E-state index contributed by atoms with van der Waals surface area (Å²) in [6.07, 6.45) is 1.59. The van der Waals surface area contributed by atoms with Gasteiger partial charge in [-0.15, -0.1) is 0 Å². The van der Waals surface area contributed by atoms with Crippen molar-refractivity contribution in [2.75, 3.05) is 24.3 Å². The summed E-state index contributed by atoms with van der Waals surface area (Å²) < 4.78 is 5.07. The number of carbonyl (C=O) groups excluding carboxylic acids is 1. The van der Waals surface area contributed by atoms with Crippen LogP contribution >= 0.6 is 11.6 Å². The Morgan fingerprint density at radius 3 is 2.81 bits per heavy atom. The maximum atomic E-state index is 12.2. The van der Waals surface area contributed by atoms with Gasteiger partial charge in [0.15, 0.2) is 0 Å². The number of benzene rings is 1. The van der Waals surface area contributed by atoms with E-state index < -0.39 is 0 Å². The number of anilines is 2. The zero-order valence-corrected chi connectivity index (χ0v) is 12.6. The van der Waals surface area contributed by atoms with Crippen LogP contribution in [0.15, 0.2) is 36.5 Å². The summed E-state index contributed by atoms with van der Waals surface area (Å²) in [5, 5.41) is 6.29. The second-order valence-electron chi connectivity index (χ2n) is 4.26. The summed E-state index contributed by atoms with van der Waals surface area (Å²) in [5.41, 5.74) is 1.13. The van der Waals surface area contributed by atoms with Gasteiger partial charge in [0.2, 0.25) is 0 Å². The Hall–Kier alpha value is -2.27. The first-order valence-corrected chi connectivity index (χ1v) is 6.86. The average Bonchev–Trinajstić information content (AvgIpc) is 2.48. The third-order valence-corrected chi connectivity index (χ3v) is 3.09. The minimum absolute atomic E-state index is 0.224. The molecule has 2 aromatic rings. The van der Waals surface area contributed by atoms with Gasteiger partial charge < -0.3 is 15.4 Å². The van der Waals surface area contributed by atoms with Gasteiger partial charge in [0.05, 0.1) is 12.1 Å². The Morgan fingerprint density at radius 2 is 2.14 bits per heavy atom. The molecule has 0 bridgehead atoms. The summed E-state index contributed by atoms with van der Waals surface area (Å²) in [5.74, 6) is 1.00. The Bertz CT molecular complexity index is 647. The zero-order chi connectivity index (χ0) is 15.2. The molecule has 0 saturated carbocycles. The zero-order valence-electron chi connectivity index (χ0n) is 11.8. The van der Waals surface area contributed by atoms with E-state index in [1.807, 2.05) is 6.92 Å². The third-order valence-electron chi connectivity index (χ3n) is 2.79. The van der Waals surface area contributed by atoms with Gasteiger partial charge in [0, 0.05) is 24.0 Å². The quantitative estimate of drug-likeness (QED) is 0.888. The molecule has 0 saturated heterocycles. The second kappa shape index (κ2) is 6.95. The Labute approximate surface area is 128 Å².